The van der Waals surface area contributed by atoms with Gasteiger partial charge in [-0.2, -0.15) is 18.4 Å². The van der Waals surface area contributed by atoms with Crippen LogP contribution >= 0.6 is 0 Å². The topological polar surface area (TPSA) is 114 Å². The van der Waals surface area contributed by atoms with Gasteiger partial charge < -0.3 is 15.5 Å². The highest BCUT2D eigenvalue weighted by atomic mass is 19.4. The fourth-order valence-corrected chi connectivity index (χ4v) is 5.59. The number of halogens is 3. The summed E-state index contributed by atoms with van der Waals surface area (Å²) in [6.45, 7) is 9.47. The lowest BCUT2D eigenvalue weighted by molar-refractivity contribution is -0.147. The minimum absolute atomic E-state index is 0.0758. The van der Waals surface area contributed by atoms with Crippen LogP contribution in [0.15, 0.2) is 0 Å². The van der Waals surface area contributed by atoms with Gasteiger partial charge in [0.2, 0.25) is 17.7 Å². The molecule has 2 heterocycles. The number of carbonyl (C=O) groups excluding carboxylic acids is 3. The van der Waals surface area contributed by atoms with Gasteiger partial charge in [0, 0.05) is 18.0 Å². The lowest BCUT2D eigenvalue weighted by Crippen LogP contribution is -2.60. The molecule has 3 fully saturated rings. The Morgan fingerprint density at radius 1 is 1.22 bits per heavy atom. The van der Waals surface area contributed by atoms with Crippen LogP contribution in [0.4, 0.5) is 13.2 Å². The second-order valence-electron chi connectivity index (χ2n) is 12.8. The first kappa shape index (κ1) is 29.2. The molecule has 2 saturated heterocycles. The van der Waals surface area contributed by atoms with Gasteiger partial charge in [-0.1, -0.05) is 41.5 Å². The van der Waals surface area contributed by atoms with Crippen molar-refractivity contribution in [1.29, 1.82) is 5.26 Å². The molecule has 0 aromatic rings. The van der Waals surface area contributed by atoms with Crippen LogP contribution in [-0.4, -0.2) is 65.6 Å². The molecular weight excluding hydrogens is 487 g/mol. The molecule has 11 heteroatoms. The van der Waals surface area contributed by atoms with Gasteiger partial charge in [-0.25, -0.2) is 0 Å². The normalized spacial score (nSPS) is 28.3. The summed E-state index contributed by atoms with van der Waals surface area (Å²) in [5.74, 6) is -1.72. The van der Waals surface area contributed by atoms with Gasteiger partial charge >= 0.3 is 6.18 Å². The Balaban J connectivity index is 1.76. The maximum atomic E-state index is 13.6. The monoisotopic (exact) mass is 527 g/mol. The number of nitriles is 1. The van der Waals surface area contributed by atoms with Crippen molar-refractivity contribution in [3.8, 4) is 6.07 Å². The molecule has 0 radical (unpaired) electrons. The van der Waals surface area contributed by atoms with Crippen molar-refractivity contribution in [3.05, 3.63) is 0 Å². The van der Waals surface area contributed by atoms with E-state index in [1.54, 1.807) is 20.8 Å². The number of nitrogens with zero attached hydrogens (tertiary/aromatic N) is 2. The molecule has 3 N–H and O–H groups in total. The van der Waals surface area contributed by atoms with Gasteiger partial charge in [0.1, 0.15) is 12.1 Å². The molecular formula is C26H40F3N5O3. The van der Waals surface area contributed by atoms with E-state index in [-0.39, 0.29) is 36.2 Å². The zero-order chi connectivity index (χ0) is 28.0. The van der Waals surface area contributed by atoms with Crippen molar-refractivity contribution >= 4 is 17.7 Å². The summed E-state index contributed by atoms with van der Waals surface area (Å²) in [6, 6.07) is -0.997. The maximum Gasteiger partial charge on any atom is 0.401 e. The van der Waals surface area contributed by atoms with Crippen LogP contribution < -0.4 is 16.0 Å². The van der Waals surface area contributed by atoms with Gasteiger partial charge in [-0.15, -0.1) is 0 Å². The van der Waals surface area contributed by atoms with Gasteiger partial charge in [0.25, 0.3) is 0 Å². The van der Waals surface area contributed by atoms with Crippen molar-refractivity contribution in [2.24, 2.45) is 22.7 Å². The van der Waals surface area contributed by atoms with Crippen molar-refractivity contribution < 1.29 is 27.6 Å². The fraction of sp³-hybridized carbons (Fsp3) is 0.846. The molecule has 8 nitrogen and oxygen atoms in total. The molecule has 1 unspecified atom stereocenters. The van der Waals surface area contributed by atoms with Crippen LogP contribution in [0.3, 0.4) is 0 Å². The molecule has 1 saturated carbocycles. The van der Waals surface area contributed by atoms with E-state index in [9.17, 15) is 32.8 Å². The number of alkyl halides is 3. The number of piperidine rings is 1. The zero-order valence-electron chi connectivity index (χ0n) is 22.6. The van der Waals surface area contributed by atoms with E-state index in [1.165, 1.54) is 4.90 Å². The van der Waals surface area contributed by atoms with E-state index in [2.05, 4.69) is 22.0 Å². The first-order valence-electron chi connectivity index (χ1n) is 13.0. The predicted octanol–water partition coefficient (Wildman–Crippen LogP) is 2.88. The summed E-state index contributed by atoms with van der Waals surface area (Å²) in [6.07, 6.45) is -0.897. The first-order chi connectivity index (χ1) is 16.9. The number of carbonyl (C=O) groups is 3. The van der Waals surface area contributed by atoms with Crippen molar-refractivity contribution in [1.82, 2.24) is 20.9 Å². The number of amides is 3. The van der Waals surface area contributed by atoms with Crippen LogP contribution in [0, 0.1) is 34.0 Å². The van der Waals surface area contributed by atoms with Gasteiger partial charge in [0.05, 0.1) is 18.7 Å². The third kappa shape index (κ3) is 6.57. The van der Waals surface area contributed by atoms with Crippen LogP contribution in [0.2, 0.25) is 0 Å². The average molecular weight is 528 g/mol. The van der Waals surface area contributed by atoms with E-state index < -0.39 is 53.5 Å². The summed E-state index contributed by atoms with van der Waals surface area (Å²) in [5, 5.41) is 17.9. The Morgan fingerprint density at radius 2 is 1.84 bits per heavy atom. The molecule has 1 aliphatic carbocycles. The molecule has 3 amide bonds. The minimum atomic E-state index is -4.50. The molecule has 3 aliphatic rings. The minimum Gasteiger partial charge on any atom is -0.350 e. The molecule has 3 rings (SSSR count). The highest BCUT2D eigenvalue weighted by Crippen LogP contribution is 2.44. The summed E-state index contributed by atoms with van der Waals surface area (Å²) >= 11 is 0. The zero-order valence-corrected chi connectivity index (χ0v) is 22.6. The second-order valence-corrected chi connectivity index (χ2v) is 12.8. The van der Waals surface area contributed by atoms with Crippen LogP contribution in [-0.2, 0) is 14.4 Å². The van der Waals surface area contributed by atoms with E-state index in [0.717, 1.165) is 19.3 Å². The first-order valence-corrected chi connectivity index (χ1v) is 13.0. The number of hydrogen-bond acceptors (Lipinski definition) is 5. The Hall–Kier alpha value is -2.35. The summed E-state index contributed by atoms with van der Waals surface area (Å²) in [4.78, 5) is 41.1. The summed E-state index contributed by atoms with van der Waals surface area (Å²) in [5.41, 5.74) is -1.61. The van der Waals surface area contributed by atoms with Crippen molar-refractivity contribution in [2.75, 3.05) is 13.1 Å². The van der Waals surface area contributed by atoms with E-state index in [0.29, 0.717) is 6.42 Å². The molecule has 208 valence electrons. The van der Waals surface area contributed by atoms with Crippen LogP contribution in [0.5, 0.6) is 0 Å². The number of rotatable bonds is 7. The molecule has 0 aromatic carbocycles. The third-order valence-corrected chi connectivity index (χ3v) is 8.48. The Morgan fingerprint density at radius 3 is 2.32 bits per heavy atom. The molecule has 5 atom stereocenters. The third-order valence-electron chi connectivity index (χ3n) is 8.48. The fourth-order valence-electron chi connectivity index (χ4n) is 5.59. The van der Waals surface area contributed by atoms with Gasteiger partial charge in [-0.05, 0) is 48.9 Å². The second kappa shape index (κ2) is 10.1. The standard InChI is InChI=1S/C26H40F3N5O3/c1-15-13-34(22(37)18(23(2,3)4)31-14-26(27,28)29)19(24(15,5)6)21(36)32-17(12-30)11-16-7-8-25(9-10-25)33-20(16)35/h15-19,31H,7-11,13-14H2,1-6H3,(H,32,36)(H,33,35)/t15-,16+,17+,18-,19?/m1/s1. The Bertz CT molecular complexity index is 949. The van der Waals surface area contributed by atoms with E-state index in [1.807, 2.05) is 20.8 Å². The summed E-state index contributed by atoms with van der Waals surface area (Å²) < 4.78 is 38.9. The maximum absolute atomic E-state index is 13.6. The molecule has 2 aliphatic heterocycles. The van der Waals surface area contributed by atoms with Gasteiger partial charge in [0.15, 0.2) is 0 Å². The molecule has 1 spiro atoms. The number of nitrogens with one attached hydrogen (secondary N) is 3. The molecule has 0 bridgehead atoms. The molecule has 37 heavy (non-hydrogen) atoms. The average Bonchev–Trinajstić information content (AvgIpc) is 3.45. The number of likely N-dealkylation sites (tertiary alicyclic amines) is 1. The van der Waals surface area contributed by atoms with E-state index in [4.69, 9.17) is 0 Å². The van der Waals surface area contributed by atoms with Crippen LogP contribution in [0.1, 0.15) is 73.6 Å². The lowest BCUT2D eigenvalue weighted by atomic mass is 9.77. The van der Waals surface area contributed by atoms with Crippen molar-refractivity contribution in [3.63, 3.8) is 0 Å². The quantitative estimate of drug-likeness (QED) is 0.471. The Kier molecular flexibility index (Phi) is 7.96. The Labute approximate surface area is 217 Å². The summed E-state index contributed by atoms with van der Waals surface area (Å²) in [7, 11) is 0. The van der Waals surface area contributed by atoms with Gasteiger partial charge in [-0.3, -0.25) is 19.7 Å². The highest BCUT2D eigenvalue weighted by molar-refractivity contribution is 5.92. The molecule has 0 aromatic heterocycles. The SMILES string of the molecule is C[C@@H]1CN(C(=O)[C@@H](NCC(F)(F)F)C(C)(C)C)C(C(=O)N[C@H](C#N)C[C@@H]2CCC3(CC3)NC2=O)C1(C)C. The smallest absolute Gasteiger partial charge is 0.350 e. The highest BCUT2D eigenvalue weighted by Gasteiger charge is 2.54. The predicted molar refractivity (Wildman–Crippen MR) is 131 cm³/mol. The number of hydrogen-bond donors (Lipinski definition) is 3. The van der Waals surface area contributed by atoms with Crippen LogP contribution in [0.25, 0.3) is 0 Å². The van der Waals surface area contributed by atoms with Crippen molar-refractivity contribution in [2.45, 2.75) is 103 Å². The van der Waals surface area contributed by atoms with E-state index >= 15 is 0 Å². The largest absolute Gasteiger partial charge is 0.401 e. The lowest BCUT2D eigenvalue weighted by Gasteiger charge is -2.38.